The summed E-state index contributed by atoms with van der Waals surface area (Å²) in [6, 6.07) is 0. The van der Waals surface area contributed by atoms with Gasteiger partial charge in [-0.05, 0) is 19.3 Å². The molecule has 0 nitrogen and oxygen atoms in total. The largest absolute Gasteiger partial charge is 0.0683 e. The normalized spacial score (nSPS) is 22.8. The Morgan fingerprint density at radius 1 is 0.800 bits per heavy atom. The fourth-order valence-corrected chi connectivity index (χ4v) is 3.75. The van der Waals surface area contributed by atoms with Crippen LogP contribution in [-0.2, 0) is 0 Å². The van der Waals surface area contributed by atoms with Gasteiger partial charge in [-0.25, -0.2) is 0 Å². The summed E-state index contributed by atoms with van der Waals surface area (Å²) in [5.74, 6) is 0. The second-order valence-corrected chi connectivity index (χ2v) is 8.21. The van der Waals surface area contributed by atoms with Crippen molar-refractivity contribution in [3.63, 3.8) is 0 Å². The van der Waals surface area contributed by atoms with Crippen molar-refractivity contribution in [3.05, 3.63) is 0 Å². The van der Waals surface area contributed by atoms with Crippen molar-refractivity contribution in [1.82, 2.24) is 0 Å². The molecule has 10 heavy (non-hydrogen) atoms. The van der Waals surface area contributed by atoms with Crippen LogP contribution in [0.2, 0.25) is 0 Å². The molecule has 62 valence electrons. The third kappa shape index (κ3) is 4.28. The van der Waals surface area contributed by atoms with Gasteiger partial charge in [-0.15, -0.1) is 0 Å². The molecule has 0 bridgehead atoms. The van der Waals surface area contributed by atoms with E-state index in [0.29, 0.717) is 0 Å². The van der Waals surface area contributed by atoms with Crippen LogP contribution in [0, 0.1) is 0 Å². The molecule has 0 unspecified atom stereocenters. The summed E-state index contributed by atoms with van der Waals surface area (Å²) in [4.78, 5) is 0. The van der Waals surface area contributed by atoms with Gasteiger partial charge in [0.1, 0.15) is 0 Å². The van der Waals surface area contributed by atoms with Gasteiger partial charge in [-0.2, -0.15) is 0 Å². The third-order valence-electron chi connectivity index (χ3n) is 2.03. The number of hydrogen-bond donors (Lipinski definition) is 0. The molecule has 0 radical (unpaired) electrons. The molecule has 0 aliphatic carbocycles. The molecule has 0 aromatic rings. The van der Waals surface area contributed by atoms with Crippen LogP contribution in [0.1, 0.15) is 33.1 Å². The highest BCUT2D eigenvalue weighted by atomic mass is 31.2. The minimum Gasteiger partial charge on any atom is -0.0683 e. The van der Waals surface area contributed by atoms with Crippen LogP contribution < -0.4 is 0 Å². The first kappa shape index (κ1) is 10.4. The Balaban J connectivity index is 0.000000371. The summed E-state index contributed by atoms with van der Waals surface area (Å²) >= 11 is 0. The first-order valence-corrected chi connectivity index (χ1v) is 7.58. The Kier molecular flexibility index (Phi) is 5.35. The second kappa shape index (κ2) is 5.13. The fraction of sp³-hybridized carbons (Fsp3) is 1.00. The van der Waals surface area contributed by atoms with E-state index in [-0.39, 0.29) is 7.26 Å². The Morgan fingerprint density at radius 2 is 1.20 bits per heavy atom. The van der Waals surface area contributed by atoms with Crippen molar-refractivity contribution < 1.29 is 0 Å². The highest BCUT2D eigenvalue weighted by Gasteiger charge is 2.26. The molecule has 0 atom stereocenters. The molecule has 0 aromatic carbocycles. The van der Waals surface area contributed by atoms with Crippen LogP contribution >= 0.6 is 7.26 Å². The van der Waals surface area contributed by atoms with Crippen LogP contribution in [0.25, 0.3) is 0 Å². The highest BCUT2D eigenvalue weighted by molar-refractivity contribution is 7.74. The molecular weight excluding hydrogens is 139 g/mol. The molecule has 1 heterocycles. The van der Waals surface area contributed by atoms with Crippen molar-refractivity contribution >= 4 is 7.26 Å². The smallest absolute Gasteiger partial charge is 0.0589 e. The van der Waals surface area contributed by atoms with E-state index < -0.39 is 0 Å². The summed E-state index contributed by atoms with van der Waals surface area (Å²) < 4.78 is 0. The Bertz CT molecular complexity index is 68.8. The van der Waals surface area contributed by atoms with Gasteiger partial charge in [-0.1, -0.05) is 13.8 Å². The zero-order valence-electron chi connectivity index (χ0n) is 7.98. The summed E-state index contributed by atoms with van der Waals surface area (Å²) in [6.45, 7) is 8.98. The van der Waals surface area contributed by atoms with Crippen LogP contribution in [0.5, 0.6) is 0 Å². The third-order valence-corrected chi connectivity index (χ3v) is 5.08. The fourth-order valence-electron chi connectivity index (χ4n) is 1.37. The Hall–Kier alpha value is 0.430. The first-order valence-electron chi connectivity index (χ1n) is 4.53. The number of hydrogen-bond acceptors (Lipinski definition) is 0. The molecular formula is C9H22P+. The maximum atomic E-state index is 2.49. The van der Waals surface area contributed by atoms with Crippen molar-refractivity contribution in [3.8, 4) is 0 Å². The van der Waals surface area contributed by atoms with Gasteiger partial charge in [0.2, 0.25) is 0 Å². The van der Waals surface area contributed by atoms with E-state index in [1.54, 1.807) is 12.3 Å². The predicted octanol–water partition coefficient (Wildman–Crippen LogP) is 3.47. The second-order valence-electron chi connectivity index (χ2n) is 3.44. The van der Waals surface area contributed by atoms with Gasteiger partial charge in [-0.3, -0.25) is 0 Å². The predicted molar refractivity (Wildman–Crippen MR) is 53.7 cm³/mol. The lowest BCUT2D eigenvalue weighted by Gasteiger charge is -2.21. The zero-order valence-corrected chi connectivity index (χ0v) is 8.88. The van der Waals surface area contributed by atoms with E-state index in [9.17, 15) is 0 Å². The SMILES string of the molecule is CC.C[P+]1(C)CCCCC1. The quantitative estimate of drug-likeness (QED) is 0.477. The van der Waals surface area contributed by atoms with Crippen LogP contribution in [0.3, 0.4) is 0 Å². The van der Waals surface area contributed by atoms with Gasteiger partial charge in [0.15, 0.2) is 0 Å². The topological polar surface area (TPSA) is 0 Å². The Labute approximate surface area is 66.7 Å². The van der Waals surface area contributed by atoms with Crippen LogP contribution in [-0.4, -0.2) is 25.7 Å². The first-order chi connectivity index (χ1) is 4.71. The van der Waals surface area contributed by atoms with Gasteiger partial charge in [0.05, 0.1) is 12.3 Å². The van der Waals surface area contributed by atoms with E-state index in [1.807, 2.05) is 13.8 Å². The zero-order chi connectivity index (χ0) is 8.04. The van der Waals surface area contributed by atoms with Crippen molar-refractivity contribution in [2.75, 3.05) is 25.7 Å². The molecule has 0 amide bonds. The summed E-state index contributed by atoms with van der Waals surface area (Å²) in [5.41, 5.74) is 0. The minimum atomic E-state index is -0.337. The number of rotatable bonds is 0. The van der Waals surface area contributed by atoms with E-state index >= 15 is 0 Å². The summed E-state index contributed by atoms with van der Waals surface area (Å²) in [7, 11) is -0.337. The van der Waals surface area contributed by atoms with Crippen LogP contribution in [0.4, 0.5) is 0 Å². The molecule has 0 aromatic heterocycles. The van der Waals surface area contributed by atoms with Crippen LogP contribution in [0.15, 0.2) is 0 Å². The summed E-state index contributed by atoms with van der Waals surface area (Å²) in [5, 5.41) is 0. The van der Waals surface area contributed by atoms with E-state index in [2.05, 4.69) is 13.3 Å². The van der Waals surface area contributed by atoms with Crippen molar-refractivity contribution in [2.45, 2.75) is 33.1 Å². The molecule has 1 heteroatoms. The van der Waals surface area contributed by atoms with E-state index in [4.69, 9.17) is 0 Å². The van der Waals surface area contributed by atoms with E-state index in [0.717, 1.165) is 0 Å². The molecule has 1 aliphatic rings. The van der Waals surface area contributed by atoms with Gasteiger partial charge >= 0.3 is 0 Å². The molecule has 0 spiro atoms. The Morgan fingerprint density at radius 3 is 1.40 bits per heavy atom. The minimum absolute atomic E-state index is 0.337. The standard InChI is InChI=1S/C7H16P.C2H6/c1-8(2)6-4-3-5-7-8;1-2/h3-7H2,1-2H3;1-2H3/q+1;. The molecule has 1 aliphatic heterocycles. The lowest BCUT2D eigenvalue weighted by molar-refractivity contribution is 0.748. The highest BCUT2D eigenvalue weighted by Crippen LogP contribution is 2.54. The average molecular weight is 161 g/mol. The monoisotopic (exact) mass is 161 g/mol. The molecule has 1 rings (SSSR count). The molecule has 0 N–H and O–H groups in total. The molecule has 1 saturated heterocycles. The molecule has 1 fully saturated rings. The van der Waals surface area contributed by atoms with Crippen molar-refractivity contribution in [2.24, 2.45) is 0 Å². The van der Waals surface area contributed by atoms with Gasteiger partial charge in [0.25, 0.3) is 0 Å². The average Bonchev–Trinajstić information content (AvgIpc) is 1.92. The van der Waals surface area contributed by atoms with Gasteiger partial charge < -0.3 is 0 Å². The lowest BCUT2D eigenvalue weighted by Crippen LogP contribution is -2.06. The van der Waals surface area contributed by atoms with Gasteiger partial charge in [0, 0.05) is 20.6 Å². The summed E-state index contributed by atoms with van der Waals surface area (Å²) in [6.07, 6.45) is 7.66. The maximum Gasteiger partial charge on any atom is 0.0589 e. The van der Waals surface area contributed by atoms with E-state index in [1.165, 1.54) is 19.3 Å². The molecule has 0 saturated carbocycles. The van der Waals surface area contributed by atoms with Crippen molar-refractivity contribution in [1.29, 1.82) is 0 Å². The maximum absolute atomic E-state index is 2.49. The lowest BCUT2D eigenvalue weighted by atomic mass is 10.3.